The van der Waals surface area contributed by atoms with Crippen LogP contribution in [0.4, 0.5) is 4.39 Å². The van der Waals surface area contributed by atoms with Gasteiger partial charge in [0.1, 0.15) is 17.7 Å². The number of aromatic nitrogens is 4. The van der Waals surface area contributed by atoms with E-state index in [4.69, 9.17) is 0 Å². The first-order valence-corrected chi connectivity index (χ1v) is 7.54. The van der Waals surface area contributed by atoms with Crippen molar-refractivity contribution < 1.29 is 4.39 Å². The minimum absolute atomic E-state index is 0.199. The quantitative estimate of drug-likeness (QED) is 0.727. The van der Waals surface area contributed by atoms with E-state index >= 15 is 0 Å². The molecular weight excluding hydrogens is 291 g/mol. The Kier molecular flexibility index (Phi) is 3.72. The van der Waals surface area contributed by atoms with Gasteiger partial charge in [-0.2, -0.15) is 0 Å². The molecule has 5 heteroatoms. The maximum absolute atomic E-state index is 14.5. The zero-order valence-corrected chi connectivity index (χ0v) is 13.8. The van der Waals surface area contributed by atoms with Gasteiger partial charge in [0, 0.05) is 23.5 Å². The molecule has 0 fully saturated rings. The van der Waals surface area contributed by atoms with Crippen molar-refractivity contribution in [1.29, 1.82) is 0 Å². The molecule has 0 aliphatic carbocycles. The lowest BCUT2D eigenvalue weighted by Gasteiger charge is -2.13. The number of aryl methyl sites for hydroxylation is 2. The number of halogens is 1. The second kappa shape index (κ2) is 5.57. The lowest BCUT2D eigenvalue weighted by Crippen LogP contribution is -2.03. The van der Waals surface area contributed by atoms with Gasteiger partial charge in [0.2, 0.25) is 0 Å². The average Bonchev–Trinajstić information content (AvgIpc) is 2.84. The fraction of sp³-hybridized carbons (Fsp3) is 0.278. The van der Waals surface area contributed by atoms with Crippen molar-refractivity contribution in [3.63, 3.8) is 0 Å². The van der Waals surface area contributed by atoms with Crippen molar-refractivity contribution in [2.75, 3.05) is 0 Å². The van der Waals surface area contributed by atoms with E-state index in [1.54, 1.807) is 6.20 Å². The van der Waals surface area contributed by atoms with E-state index in [0.717, 1.165) is 28.2 Å². The topological polar surface area (TPSA) is 43.6 Å². The summed E-state index contributed by atoms with van der Waals surface area (Å²) >= 11 is 0. The van der Waals surface area contributed by atoms with Crippen molar-refractivity contribution in [2.45, 2.75) is 33.7 Å². The highest BCUT2D eigenvalue weighted by atomic mass is 19.1. The number of benzene rings is 1. The molecule has 0 spiro atoms. The van der Waals surface area contributed by atoms with E-state index in [1.807, 2.05) is 24.5 Å². The summed E-state index contributed by atoms with van der Waals surface area (Å²) in [6.07, 6.45) is 3.20. The summed E-state index contributed by atoms with van der Waals surface area (Å²) in [5.74, 6) is 0.464. The summed E-state index contributed by atoms with van der Waals surface area (Å²) in [5.41, 5.74) is 4.24. The van der Waals surface area contributed by atoms with Crippen LogP contribution < -0.4 is 0 Å². The minimum Gasteiger partial charge on any atom is -0.326 e. The SMILES string of the molecule is C=C(c1cc(F)c2nc(C)n(C(C)C)c2c1)c1cncnc1C. The number of nitrogens with zero attached hydrogens (tertiary/aromatic N) is 4. The summed E-state index contributed by atoms with van der Waals surface area (Å²) in [7, 11) is 0. The molecule has 23 heavy (non-hydrogen) atoms. The number of hydrogen-bond donors (Lipinski definition) is 0. The van der Waals surface area contributed by atoms with Gasteiger partial charge < -0.3 is 4.57 Å². The van der Waals surface area contributed by atoms with Crippen LogP contribution in [0.5, 0.6) is 0 Å². The van der Waals surface area contributed by atoms with Gasteiger partial charge in [-0.3, -0.25) is 0 Å². The molecule has 3 aromatic rings. The van der Waals surface area contributed by atoms with Gasteiger partial charge in [0.25, 0.3) is 0 Å². The summed E-state index contributed by atoms with van der Waals surface area (Å²) in [6, 6.07) is 3.62. The van der Waals surface area contributed by atoms with E-state index in [1.165, 1.54) is 12.4 Å². The monoisotopic (exact) mass is 310 g/mol. The zero-order chi connectivity index (χ0) is 16.7. The Morgan fingerprint density at radius 2 is 2.00 bits per heavy atom. The predicted molar refractivity (Wildman–Crippen MR) is 89.7 cm³/mol. The van der Waals surface area contributed by atoms with Crippen LogP contribution in [0, 0.1) is 19.7 Å². The summed E-state index contributed by atoms with van der Waals surface area (Å²) < 4.78 is 16.6. The van der Waals surface area contributed by atoms with Gasteiger partial charge in [-0.05, 0) is 51.0 Å². The summed E-state index contributed by atoms with van der Waals surface area (Å²) in [4.78, 5) is 12.6. The Morgan fingerprint density at radius 3 is 2.65 bits per heavy atom. The van der Waals surface area contributed by atoms with Crippen LogP contribution >= 0.6 is 0 Å². The molecule has 1 aromatic carbocycles. The largest absolute Gasteiger partial charge is 0.326 e. The molecule has 2 aromatic heterocycles. The molecule has 0 saturated carbocycles. The first kappa shape index (κ1) is 15.3. The molecule has 4 nitrogen and oxygen atoms in total. The highest BCUT2D eigenvalue weighted by molar-refractivity contribution is 5.86. The molecule has 0 bridgehead atoms. The van der Waals surface area contributed by atoms with E-state index in [9.17, 15) is 4.39 Å². The first-order chi connectivity index (χ1) is 10.9. The van der Waals surface area contributed by atoms with Crippen LogP contribution in [0.2, 0.25) is 0 Å². The molecule has 0 aliphatic heterocycles. The van der Waals surface area contributed by atoms with Gasteiger partial charge in [-0.1, -0.05) is 6.58 Å². The molecule has 0 unspecified atom stereocenters. The first-order valence-electron chi connectivity index (χ1n) is 7.54. The smallest absolute Gasteiger partial charge is 0.151 e. The number of hydrogen-bond acceptors (Lipinski definition) is 3. The molecule has 3 rings (SSSR count). The van der Waals surface area contributed by atoms with Gasteiger partial charge in [0.15, 0.2) is 5.82 Å². The molecule has 0 atom stereocenters. The standard InChI is InChI=1S/C18H19FN4/c1-10(2)23-13(5)22-18-16(19)6-14(7-17(18)23)11(3)15-8-20-9-21-12(15)4/h6-10H,3H2,1-2,4-5H3. The molecular formula is C18H19FN4. The Hall–Kier alpha value is -2.56. The van der Waals surface area contributed by atoms with Crippen LogP contribution in [0.15, 0.2) is 31.2 Å². The van der Waals surface area contributed by atoms with Crippen molar-refractivity contribution in [2.24, 2.45) is 0 Å². The van der Waals surface area contributed by atoms with Crippen molar-refractivity contribution in [1.82, 2.24) is 19.5 Å². The fourth-order valence-electron chi connectivity index (χ4n) is 2.94. The Morgan fingerprint density at radius 1 is 1.26 bits per heavy atom. The second-order valence-corrected chi connectivity index (χ2v) is 5.95. The fourth-order valence-corrected chi connectivity index (χ4v) is 2.94. The van der Waals surface area contributed by atoms with Crippen LogP contribution in [0.25, 0.3) is 16.6 Å². The molecule has 118 valence electrons. The van der Waals surface area contributed by atoms with Crippen LogP contribution in [0.1, 0.15) is 42.5 Å². The van der Waals surface area contributed by atoms with Crippen LogP contribution in [0.3, 0.4) is 0 Å². The molecule has 2 heterocycles. The zero-order valence-electron chi connectivity index (χ0n) is 13.8. The normalized spacial score (nSPS) is 11.4. The van der Waals surface area contributed by atoms with Gasteiger partial charge >= 0.3 is 0 Å². The highest BCUT2D eigenvalue weighted by Crippen LogP contribution is 2.29. The molecule has 0 amide bonds. The third-order valence-electron chi connectivity index (χ3n) is 4.03. The molecule has 0 N–H and O–H groups in total. The Labute approximate surface area is 134 Å². The third-order valence-corrected chi connectivity index (χ3v) is 4.03. The second-order valence-electron chi connectivity index (χ2n) is 5.95. The minimum atomic E-state index is -0.337. The van der Waals surface area contributed by atoms with Crippen molar-refractivity contribution >= 4 is 16.6 Å². The van der Waals surface area contributed by atoms with E-state index < -0.39 is 0 Å². The van der Waals surface area contributed by atoms with E-state index in [2.05, 4.69) is 35.4 Å². The maximum atomic E-state index is 14.5. The van der Waals surface area contributed by atoms with E-state index in [-0.39, 0.29) is 11.9 Å². The molecule has 0 aliphatic rings. The summed E-state index contributed by atoms with van der Waals surface area (Å²) in [5, 5.41) is 0. The number of rotatable bonds is 3. The van der Waals surface area contributed by atoms with Gasteiger partial charge in [-0.15, -0.1) is 0 Å². The lowest BCUT2D eigenvalue weighted by molar-refractivity contribution is 0.600. The third kappa shape index (κ3) is 2.52. The Balaban J connectivity index is 2.21. The van der Waals surface area contributed by atoms with Gasteiger partial charge in [0.05, 0.1) is 5.52 Å². The molecule has 0 radical (unpaired) electrons. The van der Waals surface area contributed by atoms with Crippen LogP contribution in [-0.4, -0.2) is 19.5 Å². The molecule has 0 saturated heterocycles. The van der Waals surface area contributed by atoms with E-state index in [0.29, 0.717) is 11.1 Å². The van der Waals surface area contributed by atoms with Crippen molar-refractivity contribution in [3.05, 3.63) is 59.7 Å². The van der Waals surface area contributed by atoms with Gasteiger partial charge in [-0.25, -0.2) is 19.3 Å². The highest BCUT2D eigenvalue weighted by Gasteiger charge is 2.17. The number of imidazole rings is 1. The number of fused-ring (bicyclic) bond motifs is 1. The Bertz CT molecular complexity index is 909. The predicted octanol–water partition coefficient (Wildman–Crippen LogP) is 4.22. The van der Waals surface area contributed by atoms with Crippen LogP contribution in [-0.2, 0) is 0 Å². The lowest BCUT2D eigenvalue weighted by atomic mass is 9.99. The average molecular weight is 310 g/mol. The van der Waals surface area contributed by atoms with Crippen molar-refractivity contribution in [3.8, 4) is 0 Å². The summed E-state index contributed by atoms with van der Waals surface area (Å²) in [6.45, 7) is 12.0. The maximum Gasteiger partial charge on any atom is 0.151 e.